The molecule has 1 aromatic carbocycles. The zero-order valence-corrected chi connectivity index (χ0v) is 15.3. The summed E-state index contributed by atoms with van der Waals surface area (Å²) in [6, 6.07) is 2.50. The molecule has 0 fully saturated rings. The molecule has 1 aromatic heterocycles. The van der Waals surface area contributed by atoms with Gasteiger partial charge in [-0.05, 0) is 31.9 Å². The Kier molecular flexibility index (Phi) is 5.67. The molecule has 0 radical (unpaired) electrons. The number of carbonyl (C=O) groups is 2. The number of hydrogen-bond donors (Lipinski definition) is 1. The molecule has 2 aromatic rings. The lowest BCUT2D eigenvalue weighted by Crippen LogP contribution is -2.21. The van der Waals surface area contributed by atoms with Crippen molar-refractivity contribution in [2.24, 2.45) is 7.05 Å². The number of non-ortho nitro benzene ring substituents is 1. The van der Waals surface area contributed by atoms with Crippen molar-refractivity contribution < 1.29 is 19.2 Å². The molecule has 0 aliphatic rings. The average Bonchev–Trinajstić information content (AvgIpc) is 2.94. The molecule has 0 bridgehead atoms. The number of amides is 1. The fraction of sp³-hybridized carbons (Fsp3) is 0.154. The fourth-order valence-electron chi connectivity index (χ4n) is 1.70. The molecule has 0 atom stereocenters. The Morgan fingerprint density at radius 3 is 2.50 bits per heavy atom. The summed E-state index contributed by atoms with van der Waals surface area (Å²) in [6.45, 7) is -0.510. The molecule has 1 heterocycles. The number of nitrogens with one attached hydrogen (secondary N) is 1. The Balaban J connectivity index is 2.00. The van der Waals surface area contributed by atoms with Gasteiger partial charge in [0.15, 0.2) is 6.61 Å². The zero-order valence-electron chi connectivity index (χ0n) is 12.2. The fourth-order valence-corrected chi connectivity index (χ4v) is 3.06. The second kappa shape index (κ2) is 7.53. The van der Waals surface area contributed by atoms with Crippen LogP contribution in [0.4, 0.5) is 11.4 Å². The number of nitro groups is 1. The van der Waals surface area contributed by atoms with Gasteiger partial charge >= 0.3 is 5.97 Å². The number of hydrogen-bond acceptors (Lipinski definition) is 6. The molecule has 0 spiro atoms. The monoisotopic (exact) mass is 460 g/mol. The number of nitrogens with zero attached hydrogens (tertiary/aromatic N) is 3. The van der Waals surface area contributed by atoms with Crippen LogP contribution in [0, 0.1) is 10.1 Å². The predicted molar refractivity (Wildman–Crippen MR) is 90.6 cm³/mol. The van der Waals surface area contributed by atoms with Crippen LogP contribution < -0.4 is 5.32 Å². The first-order valence-corrected chi connectivity index (χ1v) is 7.95. The first-order valence-electron chi connectivity index (χ1n) is 6.37. The van der Waals surface area contributed by atoms with Gasteiger partial charge in [0, 0.05) is 34.3 Å². The number of aryl methyl sites for hydroxylation is 1. The molecule has 2 rings (SSSR count). The second-order valence-electron chi connectivity index (χ2n) is 4.57. The summed E-state index contributed by atoms with van der Waals surface area (Å²) < 4.78 is 6.94. The Morgan fingerprint density at radius 1 is 1.38 bits per heavy atom. The summed E-state index contributed by atoms with van der Waals surface area (Å²) in [5.41, 5.74) is 0.376. The molecule has 0 saturated heterocycles. The summed E-state index contributed by atoms with van der Waals surface area (Å²) in [7, 11) is 1.65. The highest BCUT2D eigenvalue weighted by atomic mass is 79.9. The van der Waals surface area contributed by atoms with Crippen molar-refractivity contribution >= 4 is 55.1 Å². The quantitative estimate of drug-likeness (QED) is 0.415. The number of benzene rings is 1. The van der Waals surface area contributed by atoms with Gasteiger partial charge in [0.05, 0.1) is 22.4 Å². The van der Waals surface area contributed by atoms with E-state index in [0.717, 1.165) is 0 Å². The van der Waals surface area contributed by atoms with Crippen molar-refractivity contribution in [2.75, 3.05) is 11.9 Å². The summed E-state index contributed by atoms with van der Waals surface area (Å²) in [6.07, 6.45) is 2.79. The van der Waals surface area contributed by atoms with Gasteiger partial charge in [0.2, 0.25) is 0 Å². The first kappa shape index (κ1) is 18.1. The highest BCUT2D eigenvalue weighted by Crippen LogP contribution is 2.35. The van der Waals surface area contributed by atoms with E-state index in [1.807, 2.05) is 0 Å². The smallest absolute Gasteiger partial charge is 0.341 e. The maximum Gasteiger partial charge on any atom is 0.341 e. The first-order chi connectivity index (χ1) is 11.3. The standard InChI is InChI=1S/C13H10Br2N4O5/c1-18-5-7(4-16-18)13(21)24-6-11(20)17-12-9(14)2-8(19(22)23)3-10(12)15/h2-5H,6H2,1H3,(H,17,20). The lowest BCUT2D eigenvalue weighted by Gasteiger charge is -2.10. The van der Waals surface area contributed by atoms with E-state index in [-0.39, 0.29) is 11.3 Å². The van der Waals surface area contributed by atoms with Crippen LogP contribution in [0.15, 0.2) is 33.5 Å². The topological polar surface area (TPSA) is 116 Å². The predicted octanol–water partition coefficient (Wildman–Crippen LogP) is 2.65. The third-order valence-corrected chi connectivity index (χ3v) is 4.03. The zero-order chi connectivity index (χ0) is 17.9. The van der Waals surface area contributed by atoms with Gasteiger partial charge < -0.3 is 10.1 Å². The molecule has 0 unspecified atom stereocenters. The maximum atomic E-state index is 11.9. The van der Waals surface area contributed by atoms with Crippen LogP contribution in [-0.4, -0.2) is 33.2 Å². The van der Waals surface area contributed by atoms with Crippen molar-refractivity contribution in [2.45, 2.75) is 0 Å². The van der Waals surface area contributed by atoms with Crippen LogP contribution >= 0.6 is 31.9 Å². The molecular weight excluding hydrogens is 452 g/mol. The van der Waals surface area contributed by atoms with Crippen LogP contribution in [0.25, 0.3) is 0 Å². The minimum Gasteiger partial charge on any atom is -0.452 e. The van der Waals surface area contributed by atoms with Crippen molar-refractivity contribution in [1.29, 1.82) is 0 Å². The Labute approximate surface area is 152 Å². The molecule has 0 aliphatic carbocycles. The highest BCUT2D eigenvalue weighted by molar-refractivity contribution is 9.11. The van der Waals surface area contributed by atoms with Crippen LogP contribution in [0.2, 0.25) is 0 Å². The van der Waals surface area contributed by atoms with E-state index in [9.17, 15) is 19.7 Å². The third kappa shape index (κ3) is 4.38. The number of halogens is 2. The SMILES string of the molecule is Cn1cc(C(=O)OCC(=O)Nc2c(Br)cc([N+](=O)[O-])cc2Br)cn1. The lowest BCUT2D eigenvalue weighted by atomic mass is 10.3. The summed E-state index contributed by atoms with van der Waals surface area (Å²) >= 11 is 6.29. The van der Waals surface area contributed by atoms with Gasteiger partial charge in [-0.25, -0.2) is 4.79 Å². The van der Waals surface area contributed by atoms with E-state index in [0.29, 0.717) is 14.6 Å². The van der Waals surface area contributed by atoms with Gasteiger partial charge in [-0.3, -0.25) is 19.6 Å². The number of esters is 1. The molecule has 0 saturated carbocycles. The molecule has 0 aliphatic heterocycles. The number of nitro benzene ring substituents is 1. The summed E-state index contributed by atoms with van der Waals surface area (Å²) in [4.78, 5) is 33.8. The van der Waals surface area contributed by atoms with Gasteiger partial charge in [0.1, 0.15) is 0 Å². The Hall–Kier alpha value is -2.27. The van der Waals surface area contributed by atoms with Crippen molar-refractivity contribution in [1.82, 2.24) is 9.78 Å². The minimum atomic E-state index is -0.680. The van der Waals surface area contributed by atoms with E-state index in [1.54, 1.807) is 7.05 Å². The number of anilines is 1. The molecule has 11 heteroatoms. The van der Waals surface area contributed by atoms with E-state index < -0.39 is 23.4 Å². The maximum absolute atomic E-state index is 11.9. The van der Waals surface area contributed by atoms with Gasteiger partial charge in [-0.15, -0.1) is 0 Å². The van der Waals surface area contributed by atoms with Crippen LogP contribution in [0.3, 0.4) is 0 Å². The molecular formula is C13H10Br2N4O5. The minimum absolute atomic E-state index is 0.144. The van der Waals surface area contributed by atoms with Crippen LogP contribution in [0.5, 0.6) is 0 Å². The summed E-state index contributed by atoms with van der Waals surface area (Å²) in [5.74, 6) is -1.28. The van der Waals surface area contributed by atoms with Crippen molar-refractivity contribution in [3.05, 3.63) is 49.1 Å². The highest BCUT2D eigenvalue weighted by Gasteiger charge is 2.17. The normalized spacial score (nSPS) is 10.3. The van der Waals surface area contributed by atoms with E-state index in [4.69, 9.17) is 4.74 Å². The molecule has 1 amide bonds. The van der Waals surface area contributed by atoms with Gasteiger partial charge in [-0.2, -0.15) is 5.10 Å². The van der Waals surface area contributed by atoms with Crippen LogP contribution in [0.1, 0.15) is 10.4 Å². The molecule has 24 heavy (non-hydrogen) atoms. The van der Waals surface area contributed by atoms with Crippen LogP contribution in [-0.2, 0) is 16.6 Å². The average molecular weight is 462 g/mol. The van der Waals surface area contributed by atoms with Gasteiger partial charge in [-0.1, -0.05) is 0 Å². The van der Waals surface area contributed by atoms with E-state index in [2.05, 4.69) is 42.3 Å². The van der Waals surface area contributed by atoms with Crippen molar-refractivity contribution in [3.8, 4) is 0 Å². The molecule has 1 N–H and O–H groups in total. The lowest BCUT2D eigenvalue weighted by molar-refractivity contribution is -0.385. The van der Waals surface area contributed by atoms with E-state index >= 15 is 0 Å². The van der Waals surface area contributed by atoms with Crippen molar-refractivity contribution in [3.63, 3.8) is 0 Å². The Bertz CT molecular complexity index is 797. The number of ether oxygens (including phenoxy) is 1. The second-order valence-corrected chi connectivity index (χ2v) is 6.28. The number of aromatic nitrogens is 2. The largest absolute Gasteiger partial charge is 0.452 e. The molecule has 9 nitrogen and oxygen atoms in total. The summed E-state index contributed by atoms with van der Waals surface area (Å²) in [5, 5.41) is 17.1. The molecule has 126 valence electrons. The number of rotatable bonds is 5. The Morgan fingerprint density at radius 2 is 2.00 bits per heavy atom. The third-order valence-electron chi connectivity index (χ3n) is 2.78. The van der Waals surface area contributed by atoms with Gasteiger partial charge in [0.25, 0.3) is 11.6 Å². The van der Waals surface area contributed by atoms with E-state index in [1.165, 1.54) is 29.2 Å². The number of carbonyl (C=O) groups excluding carboxylic acids is 2.